The van der Waals surface area contributed by atoms with Crippen LogP contribution in [0.2, 0.25) is 0 Å². The van der Waals surface area contributed by atoms with Gasteiger partial charge in [-0.1, -0.05) is 6.07 Å². The lowest BCUT2D eigenvalue weighted by atomic mass is 10.2. The van der Waals surface area contributed by atoms with Gasteiger partial charge in [-0.3, -0.25) is 24.8 Å². The number of azo groups is 1. The molecule has 0 saturated carbocycles. The highest BCUT2D eigenvalue weighted by Gasteiger charge is 2.20. The molecule has 0 bridgehead atoms. The second-order valence-corrected chi connectivity index (χ2v) is 7.42. The normalized spacial score (nSPS) is 11.0. The number of aromatic nitrogens is 1. The van der Waals surface area contributed by atoms with Gasteiger partial charge in [0.1, 0.15) is 5.75 Å². The maximum absolute atomic E-state index is 11.4. The summed E-state index contributed by atoms with van der Waals surface area (Å²) in [6, 6.07) is 18.1. The van der Waals surface area contributed by atoms with E-state index in [9.17, 15) is 20.2 Å². The highest BCUT2D eigenvalue weighted by Crippen LogP contribution is 2.36. The number of nitro groups is 2. The molecule has 0 saturated heterocycles. The van der Waals surface area contributed by atoms with Gasteiger partial charge in [-0.15, -0.1) is 21.6 Å². The predicted octanol–water partition coefficient (Wildman–Crippen LogP) is 6.45. The van der Waals surface area contributed by atoms with E-state index in [-0.39, 0.29) is 5.69 Å². The summed E-state index contributed by atoms with van der Waals surface area (Å²) < 4.78 is 7.09. The van der Waals surface area contributed by atoms with Crippen LogP contribution >= 0.6 is 11.3 Å². The van der Waals surface area contributed by atoms with Gasteiger partial charge in [-0.05, 0) is 53.9 Å². The number of hydrogen-bond acceptors (Lipinski definition) is 8. The average Bonchev–Trinajstić information content (AvgIpc) is 3.47. The van der Waals surface area contributed by atoms with E-state index in [0.717, 1.165) is 28.4 Å². The molecule has 160 valence electrons. The zero-order valence-electron chi connectivity index (χ0n) is 16.6. The van der Waals surface area contributed by atoms with E-state index in [0.29, 0.717) is 11.6 Å². The fraction of sp³-hybridized carbons (Fsp3) is 0.0476. The molecule has 0 N–H and O–H groups in total. The van der Waals surface area contributed by atoms with Gasteiger partial charge in [0, 0.05) is 11.8 Å². The average molecular weight is 449 g/mol. The van der Waals surface area contributed by atoms with Gasteiger partial charge in [0.15, 0.2) is 11.5 Å². The summed E-state index contributed by atoms with van der Waals surface area (Å²) in [6.45, 7) is 0. The Labute approximate surface area is 185 Å². The molecule has 0 aliphatic heterocycles. The smallest absolute Gasteiger partial charge is 0.303 e. The molecule has 11 heteroatoms. The van der Waals surface area contributed by atoms with Gasteiger partial charge in [0.05, 0.1) is 33.6 Å². The third kappa shape index (κ3) is 4.09. The Morgan fingerprint density at radius 2 is 1.72 bits per heavy atom. The summed E-state index contributed by atoms with van der Waals surface area (Å²) in [5.74, 6) is 1.13. The van der Waals surface area contributed by atoms with Crippen LogP contribution < -0.4 is 4.74 Å². The summed E-state index contributed by atoms with van der Waals surface area (Å²) in [5.41, 5.74) is 0.700. The molecule has 0 amide bonds. The molecule has 2 aromatic heterocycles. The molecule has 4 rings (SSSR count). The van der Waals surface area contributed by atoms with Crippen LogP contribution in [-0.2, 0) is 0 Å². The minimum Gasteiger partial charge on any atom is -0.497 e. The predicted molar refractivity (Wildman–Crippen MR) is 120 cm³/mol. The number of thiophene rings is 1. The van der Waals surface area contributed by atoms with Gasteiger partial charge in [-0.2, -0.15) is 0 Å². The van der Waals surface area contributed by atoms with Crippen molar-refractivity contribution in [1.82, 2.24) is 4.57 Å². The number of hydrogen-bond donors (Lipinski definition) is 0. The van der Waals surface area contributed by atoms with Crippen molar-refractivity contribution in [3.63, 3.8) is 0 Å². The number of benzene rings is 2. The maximum Gasteiger partial charge on any atom is 0.303 e. The highest BCUT2D eigenvalue weighted by molar-refractivity contribution is 7.13. The molecular weight excluding hydrogens is 434 g/mol. The first-order chi connectivity index (χ1) is 15.5. The van der Waals surface area contributed by atoms with Gasteiger partial charge < -0.3 is 4.74 Å². The molecule has 0 aliphatic rings. The Balaban J connectivity index is 1.80. The molecule has 0 aliphatic carbocycles. The lowest BCUT2D eigenvalue weighted by Gasteiger charge is -2.11. The van der Waals surface area contributed by atoms with Crippen LogP contribution in [0.25, 0.3) is 16.3 Å². The van der Waals surface area contributed by atoms with Crippen molar-refractivity contribution in [3.8, 4) is 22.0 Å². The van der Waals surface area contributed by atoms with Crippen molar-refractivity contribution in [2.75, 3.05) is 7.11 Å². The van der Waals surface area contributed by atoms with Gasteiger partial charge in [0.2, 0.25) is 0 Å². The molecule has 0 atom stereocenters. The fourth-order valence-corrected chi connectivity index (χ4v) is 3.83. The van der Waals surface area contributed by atoms with E-state index in [1.54, 1.807) is 24.5 Å². The third-order valence-electron chi connectivity index (χ3n) is 4.59. The first-order valence-corrected chi connectivity index (χ1v) is 10.1. The monoisotopic (exact) mass is 449 g/mol. The molecule has 2 aromatic carbocycles. The quantitative estimate of drug-likeness (QED) is 0.182. The number of ether oxygens (including phenoxy) is 1. The zero-order chi connectivity index (χ0) is 22.7. The van der Waals surface area contributed by atoms with Gasteiger partial charge >= 0.3 is 5.69 Å². The Kier molecular flexibility index (Phi) is 5.73. The number of nitro benzene ring substituents is 2. The van der Waals surface area contributed by atoms with E-state index in [4.69, 9.17) is 4.74 Å². The minimum absolute atomic E-state index is 0.0826. The molecular formula is C21H15N5O5S. The summed E-state index contributed by atoms with van der Waals surface area (Å²) in [5, 5.41) is 32.6. The molecule has 2 heterocycles. The van der Waals surface area contributed by atoms with Crippen molar-refractivity contribution in [3.05, 3.63) is 92.3 Å². The van der Waals surface area contributed by atoms with Gasteiger partial charge in [-0.25, -0.2) is 0 Å². The zero-order valence-corrected chi connectivity index (χ0v) is 17.4. The first-order valence-electron chi connectivity index (χ1n) is 9.22. The molecule has 10 nitrogen and oxygen atoms in total. The Bertz CT molecular complexity index is 1310. The number of non-ortho nitro benzene ring substituents is 1. The molecule has 0 unspecified atom stereocenters. The van der Waals surface area contributed by atoms with E-state index in [1.165, 1.54) is 6.07 Å². The topological polar surface area (TPSA) is 125 Å². The Morgan fingerprint density at radius 1 is 0.938 bits per heavy atom. The standard InChI is InChI=1S/C21H15N5O5S/c1-31-16-7-4-14(5-8-16)24-18(20-3-2-12-32-20)10-11-21(24)23-22-17-9-6-15(25(27)28)13-19(17)26(29)30/h2-13H,1H3. The minimum atomic E-state index is -0.721. The molecule has 4 aromatic rings. The lowest BCUT2D eigenvalue weighted by Crippen LogP contribution is -1.96. The molecule has 32 heavy (non-hydrogen) atoms. The number of methoxy groups -OCH3 is 1. The maximum atomic E-state index is 11.4. The highest BCUT2D eigenvalue weighted by atomic mass is 32.1. The van der Waals surface area contributed by atoms with Crippen LogP contribution in [0.5, 0.6) is 5.75 Å². The van der Waals surface area contributed by atoms with Crippen molar-refractivity contribution in [2.45, 2.75) is 0 Å². The fourth-order valence-electron chi connectivity index (χ4n) is 3.08. The first kappa shape index (κ1) is 20.9. The SMILES string of the molecule is COc1ccc(-n2c(N=Nc3ccc([N+](=O)[O-])cc3[N+](=O)[O-])ccc2-c2cccs2)cc1. The van der Waals surface area contributed by atoms with Crippen molar-refractivity contribution in [1.29, 1.82) is 0 Å². The largest absolute Gasteiger partial charge is 0.497 e. The lowest BCUT2D eigenvalue weighted by molar-refractivity contribution is -0.393. The summed E-state index contributed by atoms with van der Waals surface area (Å²) in [6.07, 6.45) is 0. The summed E-state index contributed by atoms with van der Waals surface area (Å²) in [4.78, 5) is 21.9. The van der Waals surface area contributed by atoms with Crippen LogP contribution in [-0.4, -0.2) is 21.5 Å². The number of rotatable bonds is 7. The van der Waals surface area contributed by atoms with Crippen LogP contribution in [0, 0.1) is 20.2 Å². The van der Waals surface area contributed by atoms with Crippen LogP contribution in [0.4, 0.5) is 22.9 Å². The molecule has 0 spiro atoms. The Hall–Kier alpha value is -4.38. The second-order valence-electron chi connectivity index (χ2n) is 6.47. The third-order valence-corrected chi connectivity index (χ3v) is 5.48. The van der Waals surface area contributed by atoms with Crippen molar-refractivity contribution < 1.29 is 14.6 Å². The van der Waals surface area contributed by atoms with Crippen LogP contribution in [0.15, 0.2) is 82.3 Å². The van der Waals surface area contributed by atoms with Crippen molar-refractivity contribution in [2.24, 2.45) is 10.2 Å². The Morgan fingerprint density at radius 3 is 2.34 bits per heavy atom. The summed E-state index contributed by atoms with van der Waals surface area (Å²) >= 11 is 1.56. The second kappa shape index (κ2) is 8.78. The molecule has 0 radical (unpaired) electrons. The van der Waals surface area contributed by atoms with E-state index in [2.05, 4.69) is 10.2 Å². The number of nitrogens with zero attached hydrogens (tertiary/aromatic N) is 5. The van der Waals surface area contributed by atoms with Crippen LogP contribution in [0.1, 0.15) is 0 Å². The van der Waals surface area contributed by atoms with Crippen molar-refractivity contribution >= 4 is 34.2 Å². The van der Waals surface area contributed by atoms with E-state index < -0.39 is 21.2 Å². The molecule has 0 fully saturated rings. The van der Waals surface area contributed by atoms with E-state index >= 15 is 0 Å². The summed E-state index contributed by atoms with van der Waals surface area (Å²) in [7, 11) is 1.58. The van der Waals surface area contributed by atoms with Gasteiger partial charge in [0.25, 0.3) is 5.69 Å². The van der Waals surface area contributed by atoms with Crippen LogP contribution in [0.3, 0.4) is 0 Å². The van der Waals surface area contributed by atoms with E-state index in [1.807, 2.05) is 52.4 Å².